The van der Waals surface area contributed by atoms with Gasteiger partial charge in [-0.1, -0.05) is 18.2 Å². The Balaban J connectivity index is 1.86. The van der Waals surface area contributed by atoms with Gasteiger partial charge in [-0.3, -0.25) is 9.89 Å². The lowest BCUT2D eigenvalue weighted by molar-refractivity contribution is -0.116. The number of aromatic hydroxyl groups is 1. The molecule has 0 radical (unpaired) electrons. The molecule has 0 unspecified atom stereocenters. The normalized spacial score (nSPS) is 10.1. The summed E-state index contributed by atoms with van der Waals surface area (Å²) in [4.78, 5) is 11.6. The van der Waals surface area contributed by atoms with Crippen LogP contribution in [0.1, 0.15) is 12.0 Å². The Bertz CT molecular complexity index is 494. The number of benzene rings is 1. The van der Waals surface area contributed by atoms with Crippen LogP contribution in [0.3, 0.4) is 0 Å². The second-order valence-corrected chi connectivity index (χ2v) is 3.65. The van der Waals surface area contributed by atoms with Crippen LogP contribution < -0.4 is 5.32 Å². The van der Waals surface area contributed by atoms with Crippen molar-refractivity contribution in [1.29, 1.82) is 0 Å². The van der Waals surface area contributed by atoms with E-state index in [4.69, 9.17) is 0 Å². The van der Waals surface area contributed by atoms with Crippen molar-refractivity contribution in [3.8, 4) is 5.75 Å². The largest absolute Gasteiger partial charge is 0.508 e. The number of rotatable bonds is 4. The molecular formula is C12H13N3O2. The summed E-state index contributed by atoms with van der Waals surface area (Å²) in [6.07, 6.45) is 2.39. The first-order chi connectivity index (χ1) is 8.25. The highest BCUT2D eigenvalue weighted by Crippen LogP contribution is 2.17. The summed E-state index contributed by atoms with van der Waals surface area (Å²) in [7, 11) is 0. The van der Waals surface area contributed by atoms with E-state index in [0.29, 0.717) is 18.7 Å². The third-order valence-electron chi connectivity index (χ3n) is 2.39. The zero-order valence-electron chi connectivity index (χ0n) is 9.18. The minimum Gasteiger partial charge on any atom is -0.508 e. The molecule has 1 aromatic heterocycles. The van der Waals surface area contributed by atoms with Gasteiger partial charge in [0.15, 0.2) is 0 Å². The van der Waals surface area contributed by atoms with E-state index >= 15 is 0 Å². The first kappa shape index (κ1) is 11.2. The van der Waals surface area contributed by atoms with Crippen LogP contribution in [-0.2, 0) is 11.2 Å². The molecule has 0 fully saturated rings. The molecule has 0 bridgehead atoms. The van der Waals surface area contributed by atoms with Crippen molar-refractivity contribution in [3.63, 3.8) is 0 Å². The number of phenols is 1. The maximum Gasteiger partial charge on any atom is 0.225 e. The van der Waals surface area contributed by atoms with Crippen molar-refractivity contribution in [2.45, 2.75) is 12.8 Å². The fourth-order valence-electron chi connectivity index (χ4n) is 1.51. The molecule has 0 aliphatic rings. The van der Waals surface area contributed by atoms with Gasteiger partial charge in [0.1, 0.15) is 11.6 Å². The summed E-state index contributed by atoms with van der Waals surface area (Å²) in [6.45, 7) is 0. The minimum absolute atomic E-state index is 0.113. The maximum absolute atomic E-state index is 11.6. The van der Waals surface area contributed by atoms with E-state index in [1.165, 1.54) is 0 Å². The summed E-state index contributed by atoms with van der Waals surface area (Å²) >= 11 is 0. The second-order valence-electron chi connectivity index (χ2n) is 3.65. The van der Waals surface area contributed by atoms with Gasteiger partial charge in [0.2, 0.25) is 5.91 Å². The van der Waals surface area contributed by atoms with Crippen molar-refractivity contribution in [2.24, 2.45) is 0 Å². The van der Waals surface area contributed by atoms with Crippen molar-refractivity contribution >= 4 is 11.7 Å². The number of nitrogens with zero attached hydrogens (tertiary/aromatic N) is 1. The zero-order valence-corrected chi connectivity index (χ0v) is 9.18. The van der Waals surface area contributed by atoms with Crippen molar-refractivity contribution in [3.05, 3.63) is 42.1 Å². The molecular weight excluding hydrogens is 218 g/mol. The molecule has 0 aliphatic heterocycles. The zero-order chi connectivity index (χ0) is 12.1. The Kier molecular flexibility index (Phi) is 3.40. The molecule has 0 aliphatic carbocycles. The third-order valence-corrected chi connectivity index (χ3v) is 2.39. The van der Waals surface area contributed by atoms with E-state index in [2.05, 4.69) is 15.5 Å². The molecule has 0 saturated heterocycles. The number of carbonyl (C=O) groups excluding carboxylic acids is 1. The highest BCUT2D eigenvalue weighted by atomic mass is 16.3. The van der Waals surface area contributed by atoms with Crippen LogP contribution in [-0.4, -0.2) is 21.2 Å². The van der Waals surface area contributed by atoms with Crippen LogP contribution in [0.5, 0.6) is 5.75 Å². The standard InChI is InChI=1S/C12H13N3O2/c16-10-4-2-1-3-9(10)5-6-12(17)14-11-7-8-13-15-11/h1-4,7-8,16H,5-6H2,(H2,13,14,15,17). The summed E-state index contributed by atoms with van der Waals surface area (Å²) in [5.74, 6) is 0.687. The molecule has 5 heteroatoms. The lowest BCUT2D eigenvalue weighted by Gasteiger charge is -2.04. The monoisotopic (exact) mass is 231 g/mol. The van der Waals surface area contributed by atoms with Crippen molar-refractivity contribution in [1.82, 2.24) is 10.2 Å². The van der Waals surface area contributed by atoms with Crippen molar-refractivity contribution < 1.29 is 9.90 Å². The lowest BCUT2D eigenvalue weighted by Crippen LogP contribution is -2.12. The molecule has 3 N–H and O–H groups in total. The Morgan fingerprint density at radius 1 is 1.35 bits per heavy atom. The number of nitrogens with one attached hydrogen (secondary N) is 2. The number of phenolic OH excluding ortho intramolecular Hbond substituents is 1. The molecule has 0 spiro atoms. The van der Waals surface area contributed by atoms with E-state index in [1.54, 1.807) is 30.5 Å². The van der Waals surface area contributed by atoms with Gasteiger partial charge in [-0.2, -0.15) is 5.10 Å². The molecule has 5 nitrogen and oxygen atoms in total. The third kappa shape index (κ3) is 3.07. The van der Waals surface area contributed by atoms with Gasteiger partial charge in [0.05, 0.1) is 6.20 Å². The van der Waals surface area contributed by atoms with E-state index in [0.717, 1.165) is 5.56 Å². The number of H-pyrrole nitrogens is 1. The quantitative estimate of drug-likeness (QED) is 0.749. The fraction of sp³-hybridized carbons (Fsp3) is 0.167. The van der Waals surface area contributed by atoms with Crippen LogP contribution >= 0.6 is 0 Å². The molecule has 1 aromatic carbocycles. The topological polar surface area (TPSA) is 78.0 Å². The fourth-order valence-corrected chi connectivity index (χ4v) is 1.51. The van der Waals surface area contributed by atoms with E-state index in [9.17, 15) is 9.90 Å². The van der Waals surface area contributed by atoms with Gasteiger partial charge in [-0.05, 0) is 18.1 Å². The number of aromatic amines is 1. The summed E-state index contributed by atoms with van der Waals surface area (Å²) in [6, 6.07) is 8.68. The van der Waals surface area contributed by atoms with Gasteiger partial charge in [-0.15, -0.1) is 0 Å². The number of hydrogen-bond acceptors (Lipinski definition) is 3. The smallest absolute Gasteiger partial charge is 0.225 e. The molecule has 1 amide bonds. The van der Waals surface area contributed by atoms with E-state index < -0.39 is 0 Å². The number of amides is 1. The first-order valence-corrected chi connectivity index (χ1v) is 5.32. The number of anilines is 1. The average Bonchev–Trinajstić information content (AvgIpc) is 2.81. The minimum atomic E-state index is -0.113. The number of para-hydroxylation sites is 1. The van der Waals surface area contributed by atoms with Crippen LogP contribution in [0, 0.1) is 0 Å². The summed E-state index contributed by atoms with van der Waals surface area (Å²) < 4.78 is 0. The van der Waals surface area contributed by atoms with Gasteiger partial charge in [0.25, 0.3) is 0 Å². The Labute approximate surface area is 98.5 Å². The van der Waals surface area contributed by atoms with Crippen LogP contribution in [0.2, 0.25) is 0 Å². The Hall–Kier alpha value is -2.30. The molecule has 17 heavy (non-hydrogen) atoms. The van der Waals surface area contributed by atoms with Crippen LogP contribution in [0.15, 0.2) is 36.5 Å². The van der Waals surface area contributed by atoms with E-state index in [-0.39, 0.29) is 11.7 Å². The predicted molar refractivity (Wildman–Crippen MR) is 63.6 cm³/mol. The molecule has 0 saturated carbocycles. The Morgan fingerprint density at radius 2 is 2.18 bits per heavy atom. The first-order valence-electron chi connectivity index (χ1n) is 5.32. The highest BCUT2D eigenvalue weighted by molar-refractivity contribution is 5.89. The van der Waals surface area contributed by atoms with Crippen LogP contribution in [0.25, 0.3) is 0 Å². The molecule has 88 valence electrons. The molecule has 2 aromatic rings. The van der Waals surface area contributed by atoms with Gasteiger partial charge in [-0.25, -0.2) is 0 Å². The second kappa shape index (κ2) is 5.16. The predicted octanol–water partition coefficient (Wildman–Crippen LogP) is 1.69. The van der Waals surface area contributed by atoms with E-state index in [1.807, 2.05) is 6.07 Å². The number of aromatic nitrogens is 2. The van der Waals surface area contributed by atoms with Gasteiger partial charge < -0.3 is 10.4 Å². The molecule has 0 atom stereocenters. The summed E-state index contributed by atoms with van der Waals surface area (Å²) in [5.41, 5.74) is 0.771. The van der Waals surface area contributed by atoms with Gasteiger partial charge in [0, 0.05) is 12.5 Å². The lowest BCUT2D eigenvalue weighted by atomic mass is 10.1. The molecule has 2 rings (SSSR count). The number of hydrogen-bond donors (Lipinski definition) is 3. The number of carbonyl (C=O) groups is 1. The maximum atomic E-state index is 11.6. The summed E-state index contributed by atoms with van der Waals surface area (Å²) in [5, 5.41) is 18.6. The molecule has 1 heterocycles. The number of aryl methyl sites for hydroxylation is 1. The highest BCUT2D eigenvalue weighted by Gasteiger charge is 2.05. The van der Waals surface area contributed by atoms with Gasteiger partial charge >= 0.3 is 0 Å². The Morgan fingerprint density at radius 3 is 2.88 bits per heavy atom. The van der Waals surface area contributed by atoms with Crippen molar-refractivity contribution in [2.75, 3.05) is 5.32 Å². The SMILES string of the molecule is O=C(CCc1ccccc1O)Nc1ccn[nH]1. The van der Waals surface area contributed by atoms with Crippen LogP contribution in [0.4, 0.5) is 5.82 Å². The average molecular weight is 231 g/mol.